The van der Waals surface area contributed by atoms with Crippen molar-refractivity contribution in [1.82, 2.24) is 18.7 Å². The fraction of sp³-hybridized carbons (Fsp3) is 0.667. The first kappa shape index (κ1) is 13.9. The Labute approximate surface area is 116 Å². The van der Waals surface area contributed by atoms with Crippen molar-refractivity contribution >= 4 is 28.8 Å². The third-order valence-corrected chi connectivity index (χ3v) is 3.48. The van der Waals surface area contributed by atoms with Gasteiger partial charge >= 0.3 is 0 Å². The summed E-state index contributed by atoms with van der Waals surface area (Å²) < 4.78 is 7.87. The van der Waals surface area contributed by atoms with Crippen LogP contribution in [0.15, 0.2) is 4.79 Å². The first-order chi connectivity index (χ1) is 9.31. The van der Waals surface area contributed by atoms with Crippen molar-refractivity contribution in [3.63, 3.8) is 0 Å². The second kappa shape index (κ2) is 7.18. The molecule has 2 aromatic rings. The molecule has 104 valence electrons. The van der Waals surface area contributed by atoms with Crippen LogP contribution in [0.4, 0.5) is 5.95 Å². The zero-order valence-electron chi connectivity index (χ0n) is 11.1. The lowest BCUT2D eigenvalue weighted by Gasteiger charge is -2.04. The molecule has 7 heteroatoms. The van der Waals surface area contributed by atoms with Crippen molar-refractivity contribution in [2.24, 2.45) is 0 Å². The molecule has 0 spiro atoms. The van der Waals surface area contributed by atoms with Gasteiger partial charge in [-0.05, 0) is 6.42 Å². The molecule has 6 nitrogen and oxygen atoms in total. The van der Waals surface area contributed by atoms with Crippen LogP contribution in [0.5, 0.6) is 0 Å². The maximum atomic E-state index is 11.6. The van der Waals surface area contributed by atoms with Gasteiger partial charge in [-0.3, -0.25) is 9.78 Å². The fourth-order valence-corrected chi connectivity index (χ4v) is 2.39. The highest BCUT2D eigenvalue weighted by Crippen LogP contribution is 2.07. The average molecular weight is 281 g/mol. The zero-order chi connectivity index (χ0) is 13.5. The summed E-state index contributed by atoms with van der Waals surface area (Å²) in [7, 11) is 0. The van der Waals surface area contributed by atoms with E-state index in [0.717, 1.165) is 24.7 Å². The van der Waals surface area contributed by atoms with Gasteiger partial charge in [0.2, 0.25) is 11.6 Å². The Morgan fingerprint density at radius 1 is 1.16 bits per heavy atom. The quantitative estimate of drug-likeness (QED) is 0.726. The van der Waals surface area contributed by atoms with Crippen LogP contribution in [0.1, 0.15) is 45.4 Å². The molecule has 0 saturated heterocycles. The molecule has 0 saturated carbocycles. The summed E-state index contributed by atoms with van der Waals surface area (Å²) in [6.07, 6.45) is 7.45. The summed E-state index contributed by atoms with van der Waals surface area (Å²) in [6, 6.07) is 0. The molecule has 0 bridgehead atoms. The molecular formula is C12H19N5OS. The lowest BCUT2D eigenvalue weighted by Crippen LogP contribution is -2.14. The Morgan fingerprint density at radius 2 is 1.95 bits per heavy atom. The van der Waals surface area contributed by atoms with Gasteiger partial charge < -0.3 is 5.32 Å². The van der Waals surface area contributed by atoms with Gasteiger partial charge in [-0.1, -0.05) is 39.0 Å². The molecule has 0 aliphatic carbocycles. The number of H-pyrrole nitrogens is 1. The van der Waals surface area contributed by atoms with E-state index in [1.54, 1.807) is 0 Å². The van der Waals surface area contributed by atoms with Crippen LogP contribution in [-0.2, 0) is 0 Å². The zero-order valence-corrected chi connectivity index (χ0v) is 11.9. The Morgan fingerprint density at radius 3 is 2.79 bits per heavy atom. The molecule has 0 aromatic carbocycles. The normalized spacial score (nSPS) is 11.0. The SMILES string of the molecule is CCCCCCCCNc1nc2nsnc2c(=O)[nH]1. The topological polar surface area (TPSA) is 83.6 Å². The summed E-state index contributed by atoms with van der Waals surface area (Å²) in [6.45, 7) is 3.03. The number of anilines is 1. The predicted octanol–water partition coefficient (Wildman–Crippen LogP) is 2.55. The summed E-state index contributed by atoms with van der Waals surface area (Å²) >= 11 is 1.01. The molecule has 0 fully saturated rings. The van der Waals surface area contributed by atoms with Gasteiger partial charge in [0.1, 0.15) is 0 Å². The standard InChI is InChI=1S/C12H19N5OS/c1-2-3-4-5-6-7-8-13-12-14-10-9(11(18)15-12)16-19-17-10/h2-8H2,1H3,(H2,13,14,15,17,18). The highest BCUT2D eigenvalue weighted by Gasteiger charge is 2.06. The number of unbranched alkanes of at least 4 members (excludes halogenated alkanes) is 5. The van der Waals surface area contributed by atoms with Gasteiger partial charge in [0.25, 0.3) is 5.56 Å². The van der Waals surface area contributed by atoms with Crippen LogP contribution < -0.4 is 10.9 Å². The van der Waals surface area contributed by atoms with Crippen LogP contribution in [0, 0.1) is 0 Å². The van der Waals surface area contributed by atoms with Crippen LogP contribution in [-0.4, -0.2) is 25.3 Å². The molecule has 2 aromatic heterocycles. The Kier molecular flexibility index (Phi) is 5.26. The molecule has 2 rings (SSSR count). The maximum Gasteiger partial charge on any atom is 0.281 e. The van der Waals surface area contributed by atoms with Gasteiger partial charge in [-0.25, -0.2) is 0 Å². The molecule has 19 heavy (non-hydrogen) atoms. The Hall–Kier alpha value is -1.50. The minimum atomic E-state index is -0.232. The van der Waals surface area contributed by atoms with Gasteiger partial charge in [0, 0.05) is 6.54 Å². The number of hydrogen-bond acceptors (Lipinski definition) is 6. The molecule has 0 radical (unpaired) electrons. The first-order valence-corrected chi connectivity index (χ1v) is 7.50. The van der Waals surface area contributed by atoms with Crippen molar-refractivity contribution in [1.29, 1.82) is 0 Å². The van der Waals surface area contributed by atoms with Crippen molar-refractivity contribution in [2.45, 2.75) is 45.4 Å². The van der Waals surface area contributed by atoms with E-state index in [4.69, 9.17) is 0 Å². The molecule has 0 amide bonds. The van der Waals surface area contributed by atoms with E-state index in [2.05, 4.69) is 31.0 Å². The van der Waals surface area contributed by atoms with Gasteiger partial charge in [-0.2, -0.15) is 13.7 Å². The largest absolute Gasteiger partial charge is 0.356 e. The molecular weight excluding hydrogens is 262 g/mol. The van der Waals surface area contributed by atoms with E-state index in [9.17, 15) is 4.79 Å². The number of nitrogens with one attached hydrogen (secondary N) is 2. The highest BCUT2D eigenvalue weighted by molar-refractivity contribution is 7.00. The molecule has 0 aliphatic heterocycles. The third-order valence-electron chi connectivity index (χ3n) is 2.96. The monoisotopic (exact) mass is 281 g/mol. The molecule has 2 heterocycles. The maximum absolute atomic E-state index is 11.6. The van der Waals surface area contributed by atoms with Crippen LogP contribution in [0.3, 0.4) is 0 Å². The van der Waals surface area contributed by atoms with Crippen molar-refractivity contribution in [2.75, 3.05) is 11.9 Å². The molecule has 0 aliphatic rings. The fourth-order valence-electron chi connectivity index (χ4n) is 1.90. The molecule has 0 unspecified atom stereocenters. The number of fused-ring (bicyclic) bond motifs is 1. The predicted molar refractivity (Wildman–Crippen MR) is 77.7 cm³/mol. The molecule has 2 N–H and O–H groups in total. The van der Waals surface area contributed by atoms with Gasteiger partial charge in [0.15, 0.2) is 5.52 Å². The van der Waals surface area contributed by atoms with E-state index in [1.165, 1.54) is 32.1 Å². The highest BCUT2D eigenvalue weighted by atomic mass is 32.1. The minimum Gasteiger partial charge on any atom is -0.356 e. The van der Waals surface area contributed by atoms with E-state index >= 15 is 0 Å². The lowest BCUT2D eigenvalue weighted by molar-refractivity contribution is 0.616. The van der Waals surface area contributed by atoms with Crippen LogP contribution in [0.2, 0.25) is 0 Å². The second-order valence-corrected chi connectivity index (χ2v) is 5.07. The number of rotatable bonds is 8. The Bertz CT molecular complexity index is 564. The van der Waals surface area contributed by atoms with Crippen LogP contribution in [0.25, 0.3) is 11.2 Å². The summed E-state index contributed by atoms with van der Waals surface area (Å²) in [5.41, 5.74) is 0.499. The number of nitrogens with zero attached hydrogens (tertiary/aromatic N) is 3. The van der Waals surface area contributed by atoms with Crippen molar-refractivity contribution in [3.8, 4) is 0 Å². The summed E-state index contributed by atoms with van der Waals surface area (Å²) in [5, 5.41) is 3.13. The van der Waals surface area contributed by atoms with Gasteiger partial charge in [0.05, 0.1) is 11.7 Å². The second-order valence-electron chi connectivity index (χ2n) is 4.55. The third kappa shape index (κ3) is 3.99. The minimum absolute atomic E-state index is 0.232. The average Bonchev–Trinajstić information content (AvgIpc) is 2.86. The molecule has 0 atom stereocenters. The van der Waals surface area contributed by atoms with Crippen molar-refractivity contribution < 1.29 is 0 Å². The van der Waals surface area contributed by atoms with E-state index in [-0.39, 0.29) is 5.56 Å². The first-order valence-electron chi connectivity index (χ1n) is 6.77. The van der Waals surface area contributed by atoms with Gasteiger partial charge in [-0.15, -0.1) is 0 Å². The Balaban J connectivity index is 1.77. The number of aromatic nitrogens is 4. The van der Waals surface area contributed by atoms with E-state index in [0.29, 0.717) is 17.1 Å². The lowest BCUT2D eigenvalue weighted by atomic mass is 10.1. The number of hydrogen-bond donors (Lipinski definition) is 2. The number of aromatic amines is 1. The summed E-state index contributed by atoms with van der Waals surface area (Å²) in [5.74, 6) is 0.485. The van der Waals surface area contributed by atoms with E-state index in [1.807, 2.05) is 0 Å². The van der Waals surface area contributed by atoms with E-state index < -0.39 is 0 Å². The van der Waals surface area contributed by atoms with Crippen molar-refractivity contribution in [3.05, 3.63) is 10.4 Å². The smallest absolute Gasteiger partial charge is 0.281 e. The van der Waals surface area contributed by atoms with Crippen LogP contribution >= 0.6 is 11.7 Å². The summed E-state index contributed by atoms with van der Waals surface area (Å²) in [4.78, 5) is 18.5.